The number of hydrogen-bond donors (Lipinski definition) is 1. The molecule has 1 amide bonds. The molecule has 0 saturated carbocycles. The summed E-state index contributed by atoms with van der Waals surface area (Å²) in [5.41, 5.74) is 0.814. The van der Waals surface area contributed by atoms with Crippen molar-refractivity contribution in [1.82, 2.24) is 10.3 Å². The summed E-state index contributed by atoms with van der Waals surface area (Å²) in [5.74, 6) is 1.52. The molecule has 0 saturated heterocycles. The number of amides is 1. The predicted octanol–water partition coefficient (Wildman–Crippen LogP) is 2.71. The Kier molecular flexibility index (Phi) is 5.07. The normalized spacial score (nSPS) is 18.7. The van der Waals surface area contributed by atoms with Gasteiger partial charge in [0.2, 0.25) is 12.0 Å². The molecule has 1 N–H and O–H groups in total. The van der Waals surface area contributed by atoms with E-state index in [0.29, 0.717) is 23.9 Å². The standard InChI is InChI=1S/C19H22N2O4/c1-12(2)23-19-14(7-6-10-20-19)11-21-18(22)17-13(3)24-15-8-4-5-9-16(15)25-17/h4-10,12-13,17H,11H2,1-3H3,(H,21,22). The van der Waals surface area contributed by atoms with Gasteiger partial charge in [0.15, 0.2) is 11.5 Å². The Morgan fingerprint density at radius 2 is 1.92 bits per heavy atom. The number of benzene rings is 1. The molecule has 6 nitrogen and oxygen atoms in total. The summed E-state index contributed by atoms with van der Waals surface area (Å²) in [6.45, 7) is 5.99. The molecule has 0 fully saturated rings. The molecule has 2 heterocycles. The fourth-order valence-electron chi connectivity index (χ4n) is 2.58. The van der Waals surface area contributed by atoms with Gasteiger partial charge in [-0.3, -0.25) is 4.79 Å². The molecule has 25 heavy (non-hydrogen) atoms. The molecule has 6 heteroatoms. The Morgan fingerprint density at radius 3 is 2.64 bits per heavy atom. The number of nitrogens with zero attached hydrogens (tertiary/aromatic N) is 1. The molecule has 1 aromatic carbocycles. The Morgan fingerprint density at radius 1 is 1.20 bits per heavy atom. The molecule has 0 bridgehead atoms. The third-order valence-electron chi connectivity index (χ3n) is 3.75. The van der Waals surface area contributed by atoms with E-state index < -0.39 is 6.10 Å². The van der Waals surface area contributed by atoms with Gasteiger partial charge in [0, 0.05) is 18.3 Å². The lowest BCUT2D eigenvalue weighted by atomic mass is 10.1. The Bertz CT molecular complexity index is 748. The van der Waals surface area contributed by atoms with E-state index in [1.165, 1.54) is 0 Å². The maximum Gasteiger partial charge on any atom is 0.265 e. The molecule has 2 unspecified atom stereocenters. The number of hydrogen-bond acceptors (Lipinski definition) is 5. The van der Waals surface area contributed by atoms with Crippen LogP contribution in [0.2, 0.25) is 0 Å². The third kappa shape index (κ3) is 4.02. The van der Waals surface area contributed by atoms with Gasteiger partial charge in [0.1, 0.15) is 6.10 Å². The average Bonchev–Trinajstić information content (AvgIpc) is 2.59. The van der Waals surface area contributed by atoms with Gasteiger partial charge in [-0.1, -0.05) is 18.2 Å². The summed E-state index contributed by atoms with van der Waals surface area (Å²) in [6, 6.07) is 11.0. The SMILES string of the molecule is CC(C)Oc1ncccc1CNC(=O)C1Oc2ccccc2OC1C. The number of rotatable bonds is 5. The van der Waals surface area contributed by atoms with Gasteiger partial charge in [0.25, 0.3) is 5.91 Å². The first kappa shape index (κ1) is 17.1. The number of aromatic nitrogens is 1. The second-order valence-corrected chi connectivity index (χ2v) is 6.16. The summed E-state index contributed by atoms with van der Waals surface area (Å²) >= 11 is 0. The molecule has 3 rings (SSSR count). The molecule has 1 aromatic heterocycles. The van der Waals surface area contributed by atoms with Crippen LogP contribution in [0.1, 0.15) is 26.3 Å². The van der Waals surface area contributed by atoms with Gasteiger partial charge in [0.05, 0.1) is 6.10 Å². The summed E-state index contributed by atoms with van der Waals surface area (Å²) < 4.78 is 17.2. The maximum absolute atomic E-state index is 12.5. The number of ether oxygens (including phenoxy) is 3. The topological polar surface area (TPSA) is 69.7 Å². The summed E-state index contributed by atoms with van der Waals surface area (Å²) in [6.07, 6.45) is 0.590. The Hall–Kier alpha value is -2.76. The lowest BCUT2D eigenvalue weighted by molar-refractivity contribution is -0.133. The molecule has 2 atom stereocenters. The van der Waals surface area contributed by atoms with Crippen molar-refractivity contribution in [3.63, 3.8) is 0 Å². The molecular formula is C19H22N2O4. The molecule has 0 spiro atoms. The first-order chi connectivity index (χ1) is 12.0. The maximum atomic E-state index is 12.5. The van der Waals surface area contributed by atoms with Crippen LogP contribution in [-0.4, -0.2) is 29.2 Å². The van der Waals surface area contributed by atoms with E-state index in [9.17, 15) is 4.79 Å². The van der Waals surface area contributed by atoms with Crippen LogP contribution < -0.4 is 19.5 Å². The highest BCUT2D eigenvalue weighted by atomic mass is 16.6. The van der Waals surface area contributed by atoms with Crippen LogP contribution in [0, 0.1) is 0 Å². The predicted molar refractivity (Wildman–Crippen MR) is 92.8 cm³/mol. The largest absolute Gasteiger partial charge is 0.482 e. The number of carbonyl (C=O) groups excluding carboxylic acids is 1. The van der Waals surface area contributed by atoms with Crippen molar-refractivity contribution in [2.45, 2.75) is 45.6 Å². The van der Waals surface area contributed by atoms with Gasteiger partial charge >= 0.3 is 0 Å². The van der Waals surface area contributed by atoms with Crippen LogP contribution in [0.15, 0.2) is 42.6 Å². The third-order valence-corrected chi connectivity index (χ3v) is 3.75. The van der Waals surface area contributed by atoms with E-state index >= 15 is 0 Å². The van der Waals surface area contributed by atoms with Crippen LogP contribution in [0.4, 0.5) is 0 Å². The fourth-order valence-corrected chi connectivity index (χ4v) is 2.58. The van der Waals surface area contributed by atoms with E-state index in [4.69, 9.17) is 14.2 Å². The second-order valence-electron chi connectivity index (χ2n) is 6.16. The summed E-state index contributed by atoms with van der Waals surface area (Å²) in [5, 5.41) is 2.88. The van der Waals surface area contributed by atoms with E-state index in [1.807, 2.05) is 51.1 Å². The van der Waals surface area contributed by atoms with Gasteiger partial charge in [-0.05, 0) is 39.0 Å². The van der Waals surface area contributed by atoms with E-state index in [-0.39, 0.29) is 18.1 Å². The smallest absolute Gasteiger partial charge is 0.265 e. The Labute approximate surface area is 147 Å². The second kappa shape index (κ2) is 7.42. The van der Waals surface area contributed by atoms with Crippen LogP contribution in [0.25, 0.3) is 0 Å². The van der Waals surface area contributed by atoms with Crippen LogP contribution in [-0.2, 0) is 11.3 Å². The van der Waals surface area contributed by atoms with Crippen LogP contribution in [0.3, 0.4) is 0 Å². The highest BCUT2D eigenvalue weighted by molar-refractivity contribution is 5.82. The number of carbonyl (C=O) groups is 1. The monoisotopic (exact) mass is 342 g/mol. The van der Waals surface area contributed by atoms with Crippen molar-refractivity contribution in [2.24, 2.45) is 0 Å². The minimum absolute atomic E-state index is 0.0101. The minimum atomic E-state index is -0.707. The number of pyridine rings is 1. The van der Waals surface area contributed by atoms with Gasteiger partial charge in [-0.15, -0.1) is 0 Å². The molecule has 132 valence electrons. The number of fused-ring (bicyclic) bond motifs is 1. The van der Waals surface area contributed by atoms with Crippen molar-refractivity contribution < 1.29 is 19.0 Å². The zero-order valence-electron chi connectivity index (χ0n) is 14.6. The Balaban J connectivity index is 1.66. The van der Waals surface area contributed by atoms with E-state index in [2.05, 4.69) is 10.3 Å². The first-order valence-electron chi connectivity index (χ1n) is 8.35. The first-order valence-corrected chi connectivity index (χ1v) is 8.35. The summed E-state index contributed by atoms with van der Waals surface area (Å²) in [4.78, 5) is 16.8. The molecule has 2 aromatic rings. The van der Waals surface area contributed by atoms with Crippen LogP contribution >= 0.6 is 0 Å². The highest BCUT2D eigenvalue weighted by Crippen LogP contribution is 2.33. The molecule has 0 radical (unpaired) electrons. The van der Waals surface area contributed by atoms with E-state index in [1.54, 1.807) is 12.3 Å². The van der Waals surface area contributed by atoms with Crippen molar-refractivity contribution in [3.8, 4) is 17.4 Å². The molecule has 0 aliphatic carbocycles. The molecule has 1 aliphatic heterocycles. The average molecular weight is 342 g/mol. The van der Waals surface area contributed by atoms with Crippen molar-refractivity contribution in [1.29, 1.82) is 0 Å². The molecular weight excluding hydrogens is 320 g/mol. The van der Waals surface area contributed by atoms with Crippen molar-refractivity contribution in [3.05, 3.63) is 48.2 Å². The van der Waals surface area contributed by atoms with Gasteiger partial charge in [-0.25, -0.2) is 4.98 Å². The lowest BCUT2D eigenvalue weighted by Crippen LogP contribution is -2.48. The molecule has 1 aliphatic rings. The van der Waals surface area contributed by atoms with Crippen molar-refractivity contribution in [2.75, 3.05) is 0 Å². The summed E-state index contributed by atoms with van der Waals surface area (Å²) in [7, 11) is 0. The van der Waals surface area contributed by atoms with Crippen LogP contribution in [0.5, 0.6) is 17.4 Å². The quantitative estimate of drug-likeness (QED) is 0.905. The number of para-hydroxylation sites is 2. The zero-order chi connectivity index (χ0) is 17.8. The van der Waals surface area contributed by atoms with Gasteiger partial charge < -0.3 is 19.5 Å². The van der Waals surface area contributed by atoms with E-state index in [0.717, 1.165) is 5.56 Å². The zero-order valence-corrected chi connectivity index (χ0v) is 14.6. The number of nitrogens with one attached hydrogen (secondary N) is 1. The van der Waals surface area contributed by atoms with Crippen molar-refractivity contribution >= 4 is 5.91 Å². The van der Waals surface area contributed by atoms with Gasteiger partial charge in [-0.2, -0.15) is 0 Å². The highest BCUT2D eigenvalue weighted by Gasteiger charge is 2.33. The fraction of sp³-hybridized carbons (Fsp3) is 0.368. The minimum Gasteiger partial charge on any atom is -0.482 e. The lowest BCUT2D eigenvalue weighted by Gasteiger charge is -2.31.